The Bertz CT molecular complexity index is 1410. The monoisotopic (exact) mass is 625 g/mol. The molecule has 2 N–H and O–H groups in total. The topological polar surface area (TPSA) is 92.7 Å². The first-order chi connectivity index (χ1) is 21.9. The van der Waals surface area contributed by atoms with Crippen molar-refractivity contribution < 1.29 is 37.6 Å². The second-order valence-corrected chi connectivity index (χ2v) is 11.3. The molecule has 9 nitrogen and oxygen atoms in total. The summed E-state index contributed by atoms with van der Waals surface area (Å²) in [5, 5.41) is 13.0. The Morgan fingerprint density at radius 2 is 1.89 bits per heavy atom. The second kappa shape index (κ2) is 15.8. The number of carbonyl (C=O) groups is 1. The van der Waals surface area contributed by atoms with E-state index in [1.807, 2.05) is 36.4 Å². The van der Waals surface area contributed by atoms with E-state index in [9.17, 15) is 18.7 Å². The molecule has 0 aliphatic carbocycles. The van der Waals surface area contributed by atoms with Crippen molar-refractivity contribution in [2.24, 2.45) is 0 Å². The third-order valence-electron chi connectivity index (χ3n) is 8.19. The number of carboxylic acid groups (broad SMARTS) is 1. The van der Waals surface area contributed by atoms with Crippen molar-refractivity contribution in [3.63, 3.8) is 0 Å². The lowest BCUT2D eigenvalue weighted by atomic mass is 9.87. The fourth-order valence-electron chi connectivity index (χ4n) is 5.81. The number of nitrogens with zero attached hydrogens (tertiary/aromatic N) is 2. The van der Waals surface area contributed by atoms with Gasteiger partial charge in [0.1, 0.15) is 18.2 Å². The number of hydrogen-bond donors (Lipinski definition) is 2. The van der Waals surface area contributed by atoms with E-state index < -0.39 is 17.7 Å². The molecule has 0 bridgehead atoms. The van der Waals surface area contributed by atoms with Crippen LogP contribution in [0.25, 0.3) is 0 Å². The van der Waals surface area contributed by atoms with Gasteiger partial charge in [0.25, 0.3) is 0 Å². The summed E-state index contributed by atoms with van der Waals surface area (Å²) in [6.45, 7) is 4.96. The molecule has 2 aliphatic heterocycles. The molecule has 2 heterocycles. The molecule has 1 saturated heterocycles. The molecule has 2 atom stereocenters. The number of likely N-dealkylation sites (tertiary alicyclic amines) is 1. The van der Waals surface area contributed by atoms with Crippen molar-refractivity contribution >= 4 is 17.5 Å². The minimum atomic E-state index is -0.941. The van der Waals surface area contributed by atoms with Gasteiger partial charge in [-0.2, -0.15) is 0 Å². The van der Waals surface area contributed by atoms with Crippen LogP contribution in [0.3, 0.4) is 0 Å². The van der Waals surface area contributed by atoms with Gasteiger partial charge in [-0.3, -0.25) is 0 Å². The first-order valence-electron chi connectivity index (χ1n) is 15.4. The third kappa shape index (κ3) is 8.76. The molecule has 2 unspecified atom stereocenters. The zero-order valence-electron chi connectivity index (χ0n) is 25.6. The Morgan fingerprint density at radius 1 is 1.04 bits per heavy atom. The molecular formula is C34H41F2N3O6. The van der Waals surface area contributed by atoms with Crippen LogP contribution in [0.15, 0.2) is 60.7 Å². The molecule has 0 aromatic heterocycles. The predicted octanol–water partition coefficient (Wildman–Crippen LogP) is 6.13. The Morgan fingerprint density at radius 3 is 2.69 bits per heavy atom. The summed E-state index contributed by atoms with van der Waals surface area (Å²) >= 11 is 0. The second-order valence-electron chi connectivity index (χ2n) is 11.3. The molecular weight excluding hydrogens is 584 g/mol. The third-order valence-corrected chi connectivity index (χ3v) is 8.19. The van der Waals surface area contributed by atoms with Gasteiger partial charge in [0.15, 0.2) is 11.6 Å². The maximum absolute atomic E-state index is 13.7. The Balaban J connectivity index is 1.17. The Hall–Kier alpha value is -4.09. The Labute approximate surface area is 262 Å². The zero-order chi connectivity index (χ0) is 31.6. The zero-order valence-corrected chi connectivity index (χ0v) is 25.6. The number of rotatable bonds is 14. The summed E-state index contributed by atoms with van der Waals surface area (Å²) in [6.07, 6.45) is 0.929. The minimum absolute atomic E-state index is 0.0377. The molecule has 45 heavy (non-hydrogen) atoms. The van der Waals surface area contributed by atoms with Gasteiger partial charge in [-0.15, -0.1) is 0 Å². The fourth-order valence-corrected chi connectivity index (χ4v) is 5.81. The van der Waals surface area contributed by atoms with Crippen molar-refractivity contribution in [2.45, 2.75) is 37.9 Å². The Kier molecular flexibility index (Phi) is 11.3. The fraction of sp³-hybridized carbons (Fsp3) is 0.441. The molecule has 2 aliphatic rings. The van der Waals surface area contributed by atoms with E-state index in [1.165, 1.54) is 4.90 Å². The predicted molar refractivity (Wildman–Crippen MR) is 168 cm³/mol. The van der Waals surface area contributed by atoms with Gasteiger partial charge in [0.05, 0.1) is 38.1 Å². The van der Waals surface area contributed by atoms with E-state index >= 15 is 0 Å². The summed E-state index contributed by atoms with van der Waals surface area (Å²) in [4.78, 5) is 15.5. The van der Waals surface area contributed by atoms with Crippen LogP contribution in [0, 0.1) is 11.6 Å². The van der Waals surface area contributed by atoms with Gasteiger partial charge in [0, 0.05) is 51.0 Å². The van der Waals surface area contributed by atoms with Crippen molar-refractivity contribution in [3.05, 3.63) is 83.4 Å². The van der Waals surface area contributed by atoms with Gasteiger partial charge in [-0.25, -0.2) is 13.6 Å². The highest BCUT2D eigenvalue weighted by atomic mass is 19.1. The molecule has 0 saturated carbocycles. The summed E-state index contributed by atoms with van der Waals surface area (Å²) in [7, 11) is 1.71. The van der Waals surface area contributed by atoms with Crippen molar-refractivity contribution in [1.82, 2.24) is 4.90 Å². The van der Waals surface area contributed by atoms with Crippen molar-refractivity contribution in [3.8, 4) is 11.5 Å². The molecule has 3 aromatic carbocycles. The lowest BCUT2D eigenvalue weighted by Gasteiger charge is -2.37. The van der Waals surface area contributed by atoms with Gasteiger partial charge in [-0.1, -0.05) is 18.2 Å². The number of piperidine rings is 1. The van der Waals surface area contributed by atoms with Crippen LogP contribution in [0.2, 0.25) is 0 Å². The maximum atomic E-state index is 13.7. The summed E-state index contributed by atoms with van der Waals surface area (Å²) < 4.78 is 50.0. The summed E-state index contributed by atoms with van der Waals surface area (Å²) in [5.74, 6) is -0.326. The van der Waals surface area contributed by atoms with E-state index in [1.54, 1.807) is 7.11 Å². The van der Waals surface area contributed by atoms with Gasteiger partial charge >= 0.3 is 6.09 Å². The summed E-state index contributed by atoms with van der Waals surface area (Å²) in [6, 6.07) is 17.3. The van der Waals surface area contributed by atoms with E-state index in [2.05, 4.69) is 16.3 Å². The van der Waals surface area contributed by atoms with Crippen molar-refractivity contribution in [1.29, 1.82) is 0 Å². The molecule has 5 rings (SSSR count). The number of fused-ring (bicyclic) bond motifs is 1. The molecule has 1 amide bonds. The average Bonchev–Trinajstić information content (AvgIpc) is 3.05. The molecule has 1 fully saturated rings. The number of nitrogens with one attached hydrogen (secondary N) is 1. The molecule has 0 radical (unpaired) electrons. The highest BCUT2D eigenvalue weighted by Crippen LogP contribution is 2.35. The van der Waals surface area contributed by atoms with Crippen LogP contribution >= 0.6 is 0 Å². The van der Waals surface area contributed by atoms with Crippen LogP contribution in [0.5, 0.6) is 11.5 Å². The number of amides is 1. The van der Waals surface area contributed by atoms with E-state index in [4.69, 9.17) is 18.9 Å². The summed E-state index contributed by atoms with van der Waals surface area (Å²) in [5.41, 5.74) is 4.05. The minimum Gasteiger partial charge on any atom is -0.490 e. The normalized spacial score (nSPS) is 17.8. The number of halogens is 2. The quantitative estimate of drug-likeness (QED) is 0.207. The van der Waals surface area contributed by atoms with Crippen LogP contribution in [0.1, 0.15) is 36.3 Å². The van der Waals surface area contributed by atoms with Crippen LogP contribution < -0.4 is 19.7 Å². The molecule has 0 spiro atoms. The van der Waals surface area contributed by atoms with Crippen LogP contribution in [-0.2, 0) is 16.1 Å². The van der Waals surface area contributed by atoms with E-state index in [0.717, 1.165) is 66.0 Å². The van der Waals surface area contributed by atoms with Gasteiger partial charge in [0.2, 0.25) is 0 Å². The maximum Gasteiger partial charge on any atom is 0.407 e. The van der Waals surface area contributed by atoms with Crippen LogP contribution in [0.4, 0.5) is 25.0 Å². The highest BCUT2D eigenvalue weighted by Gasteiger charge is 2.33. The standard InChI is InChI=1S/C34H41F2N3O6/c1-42-17-3-14-38-16-19-44-31-11-4-24(20-30(31)38)23-45-33-22-39(34(40)41)15-12-28(33)25-5-8-27(9-6-25)37-13-2-18-43-32-21-26(35)7-10-29(32)36/h4-11,20-21,28,33,37H,2-3,12-19,22-23H2,1H3,(H,40,41). The first-order valence-corrected chi connectivity index (χ1v) is 15.4. The largest absolute Gasteiger partial charge is 0.490 e. The highest BCUT2D eigenvalue weighted by molar-refractivity contribution is 5.65. The molecule has 242 valence electrons. The number of methoxy groups -OCH3 is 1. The number of benzene rings is 3. The number of hydrogen-bond acceptors (Lipinski definition) is 7. The molecule has 3 aromatic rings. The van der Waals surface area contributed by atoms with E-state index in [-0.39, 0.29) is 24.4 Å². The molecule has 11 heteroatoms. The number of anilines is 2. The van der Waals surface area contributed by atoms with Gasteiger partial charge < -0.3 is 39.2 Å². The SMILES string of the molecule is COCCCN1CCOc2ccc(COC3CN(C(=O)O)CCC3c3ccc(NCCCOc4cc(F)ccc4F)cc3)cc21. The number of ether oxygens (including phenoxy) is 4. The average molecular weight is 626 g/mol. The van der Waals surface area contributed by atoms with Gasteiger partial charge in [-0.05, 0) is 66.8 Å². The van der Waals surface area contributed by atoms with Crippen LogP contribution in [-0.4, -0.2) is 81.9 Å². The first kappa shape index (κ1) is 32.3. The van der Waals surface area contributed by atoms with E-state index in [0.29, 0.717) is 52.3 Å². The lowest BCUT2D eigenvalue weighted by Crippen LogP contribution is -2.46. The lowest BCUT2D eigenvalue weighted by molar-refractivity contribution is -0.0199. The van der Waals surface area contributed by atoms with Crippen molar-refractivity contribution in [2.75, 3.05) is 69.9 Å². The smallest absolute Gasteiger partial charge is 0.407 e.